The van der Waals surface area contributed by atoms with E-state index in [4.69, 9.17) is 28.9 Å². The minimum absolute atomic E-state index is 0.0777. The Morgan fingerprint density at radius 1 is 0.819 bits per heavy atom. The number of benzene rings is 2. The quantitative estimate of drug-likeness (QED) is 0.0934. The van der Waals surface area contributed by atoms with Crippen molar-refractivity contribution in [1.29, 1.82) is 0 Å². The number of aromatic nitrogens is 5. The van der Waals surface area contributed by atoms with E-state index in [1.165, 1.54) is 20.3 Å². The predicted octanol–water partition coefficient (Wildman–Crippen LogP) is 9.79. The molecule has 2 aromatic carbocycles. The van der Waals surface area contributed by atoms with Crippen molar-refractivity contribution >= 4 is 34.9 Å². The van der Waals surface area contributed by atoms with Crippen LogP contribution in [0.3, 0.4) is 0 Å². The van der Waals surface area contributed by atoms with Gasteiger partial charge in [-0.1, -0.05) is 40.3 Å². The summed E-state index contributed by atoms with van der Waals surface area (Å²) in [6, 6.07) is 9.01. The summed E-state index contributed by atoms with van der Waals surface area (Å²) in [5, 5.41) is 6.22. The van der Waals surface area contributed by atoms with Crippen molar-refractivity contribution in [3.8, 4) is 39.5 Å². The summed E-state index contributed by atoms with van der Waals surface area (Å²) in [4.78, 5) is 71.9. The number of carbonyl (C=O) groups is 4. The van der Waals surface area contributed by atoms with Gasteiger partial charge in [-0.3, -0.25) is 9.59 Å². The molecule has 4 amide bonds. The van der Waals surface area contributed by atoms with E-state index in [1.54, 1.807) is 22.2 Å². The highest BCUT2D eigenvalue weighted by molar-refractivity contribution is 5.93. The number of fused-ring (bicyclic) bond motifs is 5. The van der Waals surface area contributed by atoms with Gasteiger partial charge in [0.1, 0.15) is 41.1 Å². The fourth-order valence-electron chi connectivity index (χ4n) is 10.6. The SMILES string of the molecule is C=C(/C=C1/CCC(C)O/C1=C/C)[C@@H]1Oc2cc(-c3cnc([C@@H]4CCCN4C(=O)[C@@H](NC(=O)OC)C(C)C)[nH]3)cc(F)c2-c2cc3cc(-c4cnc([C@@H]5CCCN5C(=O)[C@@H](NC(=O)OC)C(C)C)[nH]4)ccc3n21. The Kier molecular flexibility index (Phi) is 14.0. The predicted molar refractivity (Wildman–Crippen MR) is 269 cm³/mol. The first kappa shape index (κ1) is 49.6. The van der Waals surface area contributed by atoms with Gasteiger partial charge >= 0.3 is 12.2 Å². The highest BCUT2D eigenvalue weighted by atomic mass is 19.1. The molecule has 9 rings (SSSR count). The number of amides is 4. The second-order valence-corrected chi connectivity index (χ2v) is 19.8. The number of ether oxygens (including phenoxy) is 4. The molecule has 4 N–H and O–H groups in total. The molecule has 0 radical (unpaired) electrons. The molecule has 3 saturated heterocycles. The summed E-state index contributed by atoms with van der Waals surface area (Å²) in [6.45, 7) is 17.1. The Balaban J connectivity index is 1.05. The fraction of sp³-hybridized carbons (Fsp3) is 0.444. The smallest absolute Gasteiger partial charge is 0.407 e. The molecular weight excluding hydrogens is 922 g/mol. The molecule has 3 aromatic heterocycles. The third-order valence-corrected chi connectivity index (χ3v) is 14.3. The number of allylic oxidation sites excluding steroid dienone is 2. The summed E-state index contributed by atoms with van der Waals surface area (Å²) in [7, 11) is 2.54. The van der Waals surface area contributed by atoms with Gasteiger partial charge in [-0.2, -0.15) is 0 Å². The standard InChI is InChI=1S/C54H64FN9O8/c1-10-43-33(16-15-31(7)71-43)21-30(6)52-64-39-18-17-32(37-26-56-48(58-37)40-13-11-19-62(40)50(65)46(28(2)3)60-53(67)69-8)22-35(39)24-42(64)45-36(55)23-34(25-44(45)72-52)38-27-57-49(59-38)41-14-12-20-63(41)51(66)47(29(4)5)61-54(68)70-9/h10,17-18,21-29,31,40-41,46-47,52H,6,11-16,19-20H2,1-5,7-9H3,(H,56,58)(H,57,59)(H,60,67)(H,61,68)/b33-21-,43-10+/t31?,40-,41-,46-,47-,52-/m0/s1. The zero-order valence-corrected chi connectivity index (χ0v) is 42.1. The lowest BCUT2D eigenvalue weighted by atomic mass is 9.98. The minimum Gasteiger partial charge on any atom is -0.491 e. The second kappa shape index (κ2) is 20.4. The average molecular weight is 986 g/mol. The van der Waals surface area contributed by atoms with Gasteiger partial charge < -0.3 is 53.9 Å². The molecule has 0 bridgehead atoms. The number of halogens is 1. The molecule has 3 fully saturated rings. The third-order valence-electron chi connectivity index (χ3n) is 14.3. The lowest BCUT2D eigenvalue weighted by molar-refractivity contribution is -0.136. The Bertz CT molecular complexity index is 2980. The maximum absolute atomic E-state index is 17.0. The van der Waals surface area contributed by atoms with E-state index in [9.17, 15) is 19.2 Å². The minimum atomic E-state index is -0.786. The highest BCUT2D eigenvalue weighted by Crippen LogP contribution is 2.48. The Morgan fingerprint density at radius 3 is 1.96 bits per heavy atom. The monoisotopic (exact) mass is 985 g/mol. The van der Waals surface area contributed by atoms with E-state index >= 15 is 4.39 Å². The van der Waals surface area contributed by atoms with Crippen LogP contribution < -0.4 is 15.4 Å². The molecule has 18 heteroatoms. The largest absolute Gasteiger partial charge is 0.491 e. The van der Waals surface area contributed by atoms with Crippen LogP contribution in [0.5, 0.6) is 5.75 Å². The highest BCUT2D eigenvalue weighted by Gasteiger charge is 2.40. The average Bonchev–Trinajstić information content (AvgIpc) is 4.23. The zero-order chi connectivity index (χ0) is 51.1. The van der Waals surface area contributed by atoms with Crippen molar-refractivity contribution in [3.63, 3.8) is 0 Å². The van der Waals surface area contributed by atoms with Gasteiger partial charge in [-0.25, -0.2) is 23.9 Å². The Hall–Kier alpha value is -7.37. The molecule has 17 nitrogen and oxygen atoms in total. The van der Waals surface area contributed by atoms with Gasteiger partial charge in [0.2, 0.25) is 18.0 Å². The van der Waals surface area contributed by atoms with Crippen LogP contribution in [0.4, 0.5) is 14.0 Å². The number of hydrogen-bond donors (Lipinski definition) is 4. The van der Waals surface area contributed by atoms with Crippen molar-refractivity contribution in [2.24, 2.45) is 11.8 Å². The van der Waals surface area contributed by atoms with Crippen molar-refractivity contribution < 1.29 is 42.5 Å². The number of aromatic amines is 2. The molecule has 7 heterocycles. The zero-order valence-electron chi connectivity index (χ0n) is 42.1. The van der Waals surface area contributed by atoms with Crippen LogP contribution in [0.2, 0.25) is 0 Å². The van der Waals surface area contributed by atoms with Gasteiger partial charge in [-0.15, -0.1) is 0 Å². The number of methoxy groups -OCH3 is 2. The number of likely N-dealkylation sites (tertiary alicyclic amines) is 2. The first-order chi connectivity index (χ1) is 34.6. The van der Waals surface area contributed by atoms with Crippen molar-refractivity contribution in [1.82, 2.24) is 44.9 Å². The fourth-order valence-corrected chi connectivity index (χ4v) is 10.6. The third kappa shape index (κ3) is 9.45. The van der Waals surface area contributed by atoms with Crippen LogP contribution in [-0.4, -0.2) is 104 Å². The van der Waals surface area contributed by atoms with Crippen LogP contribution in [-0.2, 0) is 23.8 Å². The molecule has 0 aliphatic carbocycles. The molecular formula is C54H64FN9O8. The van der Waals surface area contributed by atoms with E-state index in [1.807, 2.05) is 81.7 Å². The number of alkyl carbamates (subject to hydrolysis) is 2. The molecule has 4 aliphatic rings. The number of hydrogen-bond acceptors (Lipinski definition) is 10. The van der Waals surface area contributed by atoms with Crippen LogP contribution in [0.15, 0.2) is 84.4 Å². The number of H-pyrrole nitrogens is 2. The molecule has 72 heavy (non-hydrogen) atoms. The second-order valence-electron chi connectivity index (χ2n) is 19.8. The number of rotatable bonds is 12. The van der Waals surface area contributed by atoms with Crippen LogP contribution in [0.25, 0.3) is 44.7 Å². The summed E-state index contributed by atoms with van der Waals surface area (Å²) in [5.41, 5.74) is 5.97. The van der Waals surface area contributed by atoms with E-state index in [2.05, 4.69) is 34.1 Å². The van der Waals surface area contributed by atoms with E-state index < -0.39 is 36.3 Å². The first-order valence-corrected chi connectivity index (χ1v) is 24.9. The summed E-state index contributed by atoms with van der Waals surface area (Å²) >= 11 is 0. The van der Waals surface area contributed by atoms with Gasteiger partial charge in [0, 0.05) is 35.2 Å². The Labute approximate surface area is 418 Å². The molecule has 0 spiro atoms. The molecule has 1 unspecified atom stereocenters. The van der Waals surface area contributed by atoms with Crippen molar-refractivity contribution in [2.75, 3.05) is 27.3 Å². The Morgan fingerprint density at radius 2 is 1.40 bits per heavy atom. The van der Waals surface area contributed by atoms with Crippen LogP contribution >= 0.6 is 0 Å². The summed E-state index contributed by atoms with van der Waals surface area (Å²) < 4.78 is 41.7. The molecule has 4 aliphatic heterocycles. The summed E-state index contributed by atoms with van der Waals surface area (Å²) in [5.74, 6) is 1.04. The summed E-state index contributed by atoms with van der Waals surface area (Å²) in [6.07, 6.45) is 9.87. The lowest BCUT2D eigenvalue weighted by Gasteiger charge is -2.32. The number of imidazole rings is 2. The van der Waals surface area contributed by atoms with Crippen molar-refractivity contribution in [3.05, 3.63) is 102 Å². The molecule has 6 atom stereocenters. The normalized spacial score (nSPS) is 21.6. The number of nitrogens with zero attached hydrogens (tertiary/aromatic N) is 5. The van der Waals surface area contributed by atoms with Gasteiger partial charge in [0.25, 0.3) is 0 Å². The molecule has 380 valence electrons. The van der Waals surface area contributed by atoms with E-state index in [0.717, 1.165) is 59.2 Å². The van der Waals surface area contributed by atoms with Gasteiger partial charge in [-0.05, 0) is 112 Å². The topological polar surface area (TPSA) is 198 Å². The lowest BCUT2D eigenvalue weighted by Crippen LogP contribution is -2.51. The molecule has 5 aromatic rings. The number of carbonyl (C=O) groups excluding carboxylic acids is 4. The number of nitrogens with one attached hydrogen (secondary N) is 4. The van der Waals surface area contributed by atoms with Crippen LogP contribution in [0.1, 0.15) is 110 Å². The molecule has 0 saturated carbocycles. The van der Waals surface area contributed by atoms with E-state index in [0.29, 0.717) is 71.4 Å². The first-order valence-electron chi connectivity index (χ1n) is 24.9. The van der Waals surface area contributed by atoms with E-state index in [-0.39, 0.29) is 41.8 Å². The van der Waals surface area contributed by atoms with Gasteiger partial charge in [0.05, 0.1) is 73.0 Å². The van der Waals surface area contributed by atoms with Crippen LogP contribution in [0, 0.1) is 17.7 Å². The maximum atomic E-state index is 17.0. The maximum Gasteiger partial charge on any atom is 0.407 e. The van der Waals surface area contributed by atoms with Gasteiger partial charge in [0.15, 0.2) is 0 Å². The van der Waals surface area contributed by atoms with Crippen molar-refractivity contribution in [2.45, 2.75) is 117 Å².